The zero-order valence-electron chi connectivity index (χ0n) is 20.3. The van der Waals surface area contributed by atoms with Gasteiger partial charge in [-0.15, -0.1) is 0 Å². The number of carbonyl (C=O) groups excluding carboxylic acids is 6. The number of piperazine rings is 2. The van der Waals surface area contributed by atoms with E-state index in [-0.39, 0.29) is 50.9 Å². The fourth-order valence-corrected chi connectivity index (χ4v) is 3.44. The van der Waals surface area contributed by atoms with E-state index >= 15 is 0 Å². The SMILES string of the molecule is CC(C)CC(=O)OCN1C(=O)CN(CCN2CC(=O)N(COC(=O)CC(C)C)C(=O)C2)CC1=O. The highest BCUT2D eigenvalue weighted by Gasteiger charge is 2.34. The number of carbonyl (C=O) groups is 6. The zero-order chi connectivity index (χ0) is 25.4. The van der Waals surface area contributed by atoms with Gasteiger partial charge in [0.2, 0.25) is 23.6 Å². The minimum absolute atomic E-state index is 0.0405. The number of nitrogens with zero attached hydrogens (tertiary/aromatic N) is 4. The highest BCUT2D eigenvalue weighted by Crippen LogP contribution is 2.10. The van der Waals surface area contributed by atoms with E-state index in [0.29, 0.717) is 13.1 Å². The van der Waals surface area contributed by atoms with E-state index in [4.69, 9.17) is 9.47 Å². The van der Waals surface area contributed by atoms with Crippen molar-refractivity contribution >= 4 is 35.6 Å². The van der Waals surface area contributed by atoms with E-state index in [9.17, 15) is 28.8 Å². The molecule has 2 rings (SSSR count). The van der Waals surface area contributed by atoms with E-state index < -0.39 is 49.0 Å². The van der Waals surface area contributed by atoms with Crippen molar-refractivity contribution in [2.75, 3.05) is 52.7 Å². The number of rotatable bonds is 11. The number of hydrogen-bond donors (Lipinski definition) is 0. The van der Waals surface area contributed by atoms with E-state index in [0.717, 1.165) is 9.80 Å². The molecular weight excluding hydrogens is 448 g/mol. The molecule has 0 aliphatic carbocycles. The topological polar surface area (TPSA) is 134 Å². The van der Waals surface area contributed by atoms with Crippen LogP contribution >= 0.6 is 0 Å². The highest BCUT2D eigenvalue weighted by molar-refractivity contribution is 6.00. The second-order valence-electron chi connectivity index (χ2n) is 9.34. The lowest BCUT2D eigenvalue weighted by molar-refractivity contribution is -0.167. The summed E-state index contributed by atoms with van der Waals surface area (Å²) in [6.07, 6.45) is 0.404. The molecule has 12 heteroatoms. The Kier molecular flexibility index (Phi) is 10.1. The van der Waals surface area contributed by atoms with Gasteiger partial charge in [0.05, 0.1) is 26.2 Å². The van der Waals surface area contributed by atoms with Crippen molar-refractivity contribution < 1.29 is 38.2 Å². The molecule has 2 aliphatic rings. The van der Waals surface area contributed by atoms with E-state index in [2.05, 4.69) is 0 Å². The van der Waals surface area contributed by atoms with E-state index in [1.165, 1.54) is 0 Å². The Morgan fingerprint density at radius 1 is 0.647 bits per heavy atom. The average Bonchev–Trinajstić information content (AvgIpc) is 2.70. The minimum atomic E-state index is -0.478. The number of amides is 4. The molecule has 0 N–H and O–H groups in total. The van der Waals surface area contributed by atoms with Crippen molar-refractivity contribution in [2.24, 2.45) is 11.8 Å². The molecule has 0 spiro atoms. The van der Waals surface area contributed by atoms with Crippen LogP contribution in [-0.4, -0.2) is 108 Å². The molecule has 2 aliphatic heterocycles. The van der Waals surface area contributed by atoms with Crippen LogP contribution in [0.3, 0.4) is 0 Å². The lowest BCUT2D eigenvalue weighted by Gasteiger charge is -2.35. The molecule has 0 unspecified atom stereocenters. The Labute approximate surface area is 199 Å². The molecule has 34 heavy (non-hydrogen) atoms. The lowest BCUT2D eigenvalue weighted by atomic mass is 10.1. The van der Waals surface area contributed by atoms with Crippen LogP contribution in [0.2, 0.25) is 0 Å². The molecule has 0 atom stereocenters. The summed E-state index contributed by atoms with van der Waals surface area (Å²) < 4.78 is 10.0. The van der Waals surface area contributed by atoms with E-state index in [1.54, 1.807) is 9.80 Å². The molecule has 4 amide bonds. The Morgan fingerprint density at radius 2 is 0.941 bits per heavy atom. The maximum atomic E-state index is 12.3. The number of imide groups is 2. The van der Waals surface area contributed by atoms with Gasteiger partial charge in [0.1, 0.15) is 0 Å². The van der Waals surface area contributed by atoms with Gasteiger partial charge in [0, 0.05) is 25.9 Å². The van der Waals surface area contributed by atoms with Crippen molar-refractivity contribution in [1.29, 1.82) is 0 Å². The van der Waals surface area contributed by atoms with Crippen LogP contribution in [0.4, 0.5) is 0 Å². The second-order valence-corrected chi connectivity index (χ2v) is 9.34. The first kappa shape index (κ1) is 27.4. The Morgan fingerprint density at radius 3 is 1.21 bits per heavy atom. The fraction of sp³-hybridized carbons (Fsp3) is 0.727. The molecule has 2 heterocycles. The minimum Gasteiger partial charge on any atom is -0.444 e. The molecule has 0 saturated carbocycles. The van der Waals surface area contributed by atoms with Gasteiger partial charge in [-0.05, 0) is 11.8 Å². The van der Waals surface area contributed by atoms with Crippen molar-refractivity contribution in [3.05, 3.63) is 0 Å². The summed E-state index contributed by atoms with van der Waals surface area (Å²) >= 11 is 0. The predicted molar refractivity (Wildman–Crippen MR) is 117 cm³/mol. The van der Waals surface area contributed by atoms with Crippen molar-refractivity contribution in [3.8, 4) is 0 Å². The monoisotopic (exact) mass is 482 g/mol. The van der Waals surface area contributed by atoms with Crippen LogP contribution < -0.4 is 0 Å². The Balaban J connectivity index is 1.76. The number of ether oxygens (including phenoxy) is 2. The molecule has 190 valence electrons. The summed E-state index contributed by atoms with van der Waals surface area (Å²) in [4.78, 5) is 77.8. The normalized spacial score (nSPS) is 18.3. The molecule has 0 radical (unpaired) electrons. The summed E-state index contributed by atoms with van der Waals surface area (Å²) in [5, 5.41) is 0. The third-order valence-corrected chi connectivity index (χ3v) is 5.23. The fourth-order valence-electron chi connectivity index (χ4n) is 3.44. The van der Waals surface area contributed by atoms with Gasteiger partial charge >= 0.3 is 11.9 Å². The first-order valence-corrected chi connectivity index (χ1v) is 11.4. The van der Waals surface area contributed by atoms with Crippen molar-refractivity contribution in [3.63, 3.8) is 0 Å². The van der Waals surface area contributed by atoms with Crippen LogP contribution in [0.5, 0.6) is 0 Å². The van der Waals surface area contributed by atoms with Gasteiger partial charge < -0.3 is 9.47 Å². The third-order valence-electron chi connectivity index (χ3n) is 5.23. The summed E-state index contributed by atoms with van der Waals surface area (Å²) in [7, 11) is 0. The first-order chi connectivity index (χ1) is 16.0. The highest BCUT2D eigenvalue weighted by atomic mass is 16.6. The quantitative estimate of drug-likeness (QED) is 0.278. The molecule has 0 bridgehead atoms. The Hall–Kier alpha value is -2.86. The second kappa shape index (κ2) is 12.6. The number of hydrogen-bond acceptors (Lipinski definition) is 10. The van der Waals surface area contributed by atoms with E-state index in [1.807, 2.05) is 27.7 Å². The molecule has 12 nitrogen and oxygen atoms in total. The molecule has 0 aromatic rings. The van der Waals surface area contributed by atoms with Crippen LogP contribution in [0.25, 0.3) is 0 Å². The molecule has 2 fully saturated rings. The first-order valence-electron chi connectivity index (χ1n) is 11.4. The smallest absolute Gasteiger partial charge is 0.307 e. The summed E-state index contributed by atoms with van der Waals surface area (Å²) in [6, 6.07) is 0. The third kappa shape index (κ3) is 8.49. The molecule has 0 aromatic heterocycles. The van der Waals surface area contributed by atoms with Gasteiger partial charge in [0.15, 0.2) is 13.5 Å². The van der Waals surface area contributed by atoms with Crippen LogP contribution in [-0.2, 0) is 38.2 Å². The molecule has 2 saturated heterocycles. The summed E-state index contributed by atoms with van der Waals surface area (Å²) in [6.45, 7) is 7.07. The Bertz CT molecular complexity index is 711. The van der Waals surface area contributed by atoms with Crippen LogP contribution in [0, 0.1) is 11.8 Å². The van der Waals surface area contributed by atoms with Gasteiger partial charge in [-0.3, -0.25) is 38.6 Å². The largest absolute Gasteiger partial charge is 0.444 e. The lowest BCUT2D eigenvalue weighted by Crippen LogP contribution is -2.58. The van der Waals surface area contributed by atoms with Crippen molar-refractivity contribution in [2.45, 2.75) is 40.5 Å². The van der Waals surface area contributed by atoms with Crippen LogP contribution in [0.1, 0.15) is 40.5 Å². The molecular formula is C22H34N4O8. The average molecular weight is 483 g/mol. The van der Waals surface area contributed by atoms with Crippen molar-refractivity contribution in [1.82, 2.24) is 19.6 Å². The predicted octanol–water partition coefficient (Wildman–Crippen LogP) is -0.578. The van der Waals surface area contributed by atoms with Gasteiger partial charge in [0.25, 0.3) is 0 Å². The summed E-state index contributed by atoms with van der Waals surface area (Å²) in [5.41, 5.74) is 0. The van der Waals surface area contributed by atoms with Crippen LogP contribution in [0.15, 0.2) is 0 Å². The zero-order valence-corrected chi connectivity index (χ0v) is 20.3. The maximum Gasteiger partial charge on any atom is 0.307 e. The summed E-state index contributed by atoms with van der Waals surface area (Å²) in [5.74, 6) is -2.64. The molecule has 0 aromatic carbocycles. The maximum absolute atomic E-state index is 12.3. The number of esters is 2. The van der Waals surface area contributed by atoms with Gasteiger partial charge in [-0.25, -0.2) is 9.80 Å². The van der Waals surface area contributed by atoms with Gasteiger partial charge in [-0.1, -0.05) is 27.7 Å². The standard InChI is InChI=1S/C22H34N4O8/c1-15(2)7-21(31)33-13-25-17(27)9-23(10-18(25)28)5-6-24-11-19(29)26(20(30)12-24)14-34-22(32)8-16(3)4/h15-16H,5-14H2,1-4H3. The van der Waals surface area contributed by atoms with Gasteiger partial charge in [-0.2, -0.15) is 0 Å².